The fourth-order valence-corrected chi connectivity index (χ4v) is 2.09. The van der Waals surface area contributed by atoms with Gasteiger partial charge in [0, 0.05) is 7.05 Å². The van der Waals surface area contributed by atoms with Gasteiger partial charge < -0.3 is 0 Å². The summed E-state index contributed by atoms with van der Waals surface area (Å²) in [6, 6.07) is 5.65. The number of aryl methyl sites for hydroxylation is 1. The highest BCUT2D eigenvalue weighted by Gasteiger charge is 2.23. The molecule has 1 heterocycles. The van der Waals surface area contributed by atoms with Gasteiger partial charge in [0.15, 0.2) is 0 Å². The first-order chi connectivity index (χ1) is 9.45. The lowest BCUT2D eigenvalue weighted by Gasteiger charge is -2.13. The number of benzene rings is 1. The van der Waals surface area contributed by atoms with Crippen LogP contribution < -0.4 is 0 Å². The smallest absolute Gasteiger partial charge is 0.274 e. The van der Waals surface area contributed by atoms with Crippen molar-refractivity contribution in [2.24, 2.45) is 0 Å². The first-order valence-corrected chi connectivity index (χ1v) is 6.16. The first-order valence-electron chi connectivity index (χ1n) is 5.79. The number of hydrogen-bond donors (Lipinski definition) is 0. The number of carbonyl (C=O) groups is 1. The van der Waals surface area contributed by atoms with Crippen molar-refractivity contribution in [3.63, 3.8) is 0 Å². The number of halogens is 2. The zero-order chi connectivity index (χ0) is 14.9. The Hall–Kier alpha value is -1.92. The minimum atomic E-state index is -0.400. The molecule has 0 bridgehead atoms. The summed E-state index contributed by atoms with van der Waals surface area (Å²) < 4.78 is 14.3. The lowest BCUT2D eigenvalue weighted by molar-refractivity contribution is -0.0757. The molecule has 0 unspecified atom stereocenters. The van der Waals surface area contributed by atoms with Crippen LogP contribution in [0.15, 0.2) is 24.3 Å². The number of hydrogen-bond acceptors (Lipinski definition) is 3. The average Bonchev–Trinajstić information content (AvgIpc) is 2.73. The maximum atomic E-state index is 12.9. The SMILES string of the molecule is CON(C)C(=O)c1c(C)nn(-c2ccc(F)cc2)c1Cl. The summed E-state index contributed by atoms with van der Waals surface area (Å²) in [4.78, 5) is 17.0. The predicted octanol–water partition coefficient (Wildman–Crippen LogP) is 2.61. The van der Waals surface area contributed by atoms with Gasteiger partial charge in [-0.05, 0) is 31.2 Å². The summed E-state index contributed by atoms with van der Waals surface area (Å²) in [5, 5.41) is 5.42. The standard InChI is InChI=1S/C13H13ClFN3O2/c1-8-11(13(19)17(2)20-3)12(14)18(16-8)10-6-4-9(15)5-7-10/h4-7H,1-3H3. The fraction of sp³-hybridized carbons (Fsp3) is 0.231. The third-order valence-corrected chi connectivity index (χ3v) is 3.20. The zero-order valence-electron chi connectivity index (χ0n) is 11.2. The molecule has 1 aromatic carbocycles. The van der Waals surface area contributed by atoms with Crippen molar-refractivity contribution in [2.75, 3.05) is 14.2 Å². The highest BCUT2D eigenvalue weighted by molar-refractivity contribution is 6.33. The van der Waals surface area contributed by atoms with Crippen LogP contribution in [-0.4, -0.2) is 34.9 Å². The molecular formula is C13H13ClFN3O2. The molecule has 0 aliphatic rings. The average molecular weight is 298 g/mol. The van der Waals surface area contributed by atoms with Crippen LogP contribution in [0.5, 0.6) is 0 Å². The molecule has 0 aliphatic heterocycles. The third-order valence-electron chi connectivity index (χ3n) is 2.85. The van der Waals surface area contributed by atoms with Crippen molar-refractivity contribution < 1.29 is 14.0 Å². The van der Waals surface area contributed by atoms with E-state index in [9.17, 15) is 9.18 Å². The number of amides is 1. The van der Waals surface area contributed by atoms with Crippen LogP contribution in [0.25, 0.3) is 5.69 Å². The second-order valence-corrected chi connectivity index (χ2v) is 4.48. The van der Waals surface area contributed by atoms with Gasteiger partial charge >= 0.3 is 0 Å². The quantitative estimate of drug-likeness (QED) is 0.818. The van der Waals surface area contributed by atoms with Gasteiger partial charge in [-0.3, -0.25) is 9.63 Å². The van der Waals surface area contributed by atoms with E-state index in [2.05, 4.69) is 5.10 Å². The van der Waals surface area contributed by atoms with Crippen molar-refractivity contribution in [3.05, 3.63) is 46.5 Å². The number of hydroxylamine groups is 2. The van der Waals surface area contributed by atoms with Gasteiger partial charge in [-0.1, -0.05) is 11.6 Å². The minimum Gasteiger partial charge on any atom is -0.274 e. The van der Waals surface area contributed by atoms with Crippen LogP contribution in [0, 0.1) is 12.7 Å². The number of carbonyl (C=O) groups excluding carboxylic acids is 1. The lowest BCUT2D eigenvalue weighted by atomic mass is 10.2. The summed E-state index contributed by atoms with van der Waals surface area (Å²) in [5.74, 6) is -0.757. The Morgan fingerprint density at radius 1 is 1.40 bits per heavy atom. The molecule has 0 fully saturated rings. The van der Waals surface area contributed by atoms with Gasteiger partial charge in [0.05, 0.1) is 18.5 Å². The Kier molecular flexibility index (Phi) is 4.06. The number of nitrogens with zero attached hydrogens (tertiary/aromatic N) is 3. The summed E-state index contributed by atoms with van der Waals surface area (Å²) in [6.07, 6.45) is 0. The molecule has 2 rings (SSSR count). The van der Waals surface area contributed by atoms with Crippen molar-refractivity contribution in [3.8, 4) is 5.69 Å². The second kappa shape index (κ2) is 5.60. The van der Waals surface area contributed by atoms with Crippen LogP contribution in [0.2, 0.25) is 5.15 Å². The predicted molar refractivity (Wildman–Crippen MR) is 72.4 cm³/mol. The molecule has 106 valence electrons. The molecule has 0 N–H and O–H groups in total. The van der Waals surface area contributed by atoms with Gasteiger partial charge in [0.2, 0.25) is 0 Å². The van der Waals surface area contributed by atoms with E-state index in [1.807, 2.05) is 0 Å². The molecule has 0 atom stereocenters. The maximum Gasteiger partial charge on any atom is 0.282 e. The van der Waals surface area contributed by atoms with Gasteiger partial charge in [-0.25, -0.2) is 14.1 Å². The Labute approximate surface area is 120 Å². The molecule has 0 saturated heterocycles. The van der Waals surface area contributed by atoms with Crippen LogP contribution in [0.1, 0.15) is 16.1 Å². The number of rotatable bonds is 3. The van der Waals surface area contributed by atoms with Crippen molar-refractivity contribution in [1.29, 1.82) is 0 Å². The second-order valence-electron chi connectivity index (χ2n) is 4.12. The van der Waals surface area contributed by atoms with E-state index < -0.39 is 5.91 Å². The lowest BCUT2D eigenvalue weighted by Crippen LogP contribution is -2.26. The maximum absolute atomic E-state index is 12.9. The molecule has 0 spiro atoms. The van der Waals surface area contributed by atoms with Gasteiger partial charge in [0.25, 0.3) is 5.91 Å². The largest absolute Gasteiger partial charge is 0.282 e. The van der Waals surface area contributed by atoms with Gasteiger partial charge in [0.1, 0.15) is 16.5 Å². The summed E-state index contributed by atoms with van der Waals surface area (Å²) in [5.41, 5.74) is 1.28. The first kappa shape index (κ1) is 14.5. The molecule has 0 radical (unpaired) electrons. The highest BCUT2D eigenvalue weighted by Crippen LogP contribution is 2.24. The summed E-state index contributed by atoms with van der Waals surface area (Å²) >= 11 is 6.20. The molecule has 20 heavy (non-hydrogen) atoms. The molecule has 0 saturated carbocycles. The third kappa shape index (κ3) is 2.52. The molecular weight excluding hydrogens is 285 g/mol. The van der Waals surface area contributed by atoms with E-state index in [0.717, 1.165) is 5.06 Å². The molecule has 1 aromatic heterocycles. The van der Waals surface area contributed by atoms with Crippen LogP contribution in [-0.2, 0) is 4.84 Å². The van der Waals surface area contributed by atoms with Crippen LogP contribution in [0.3, 0.4) is 0 Å². The van der Waals surface area contributed by atoms with Crippen LogP contribution >= 0.6 is 11.6 Å². The summed E-state index contributed by atoms with van der Waals surface area (Å²) in [7, 11) is 2.86. The van der Waals surface area contributed by atoms with E-state index >= 15 is 0 Å². The molecule has 2 aromatic rings. The molecule has 1 amide bonds. The van der Waals surface area contributed by atoms with E-state index in [1.54, 1.807) is 6.92 Å². The minimum absolute atomic E-state index is 0.156. The van der Waals surface area contributed by atoms with E-state index in [4.69, 9.17) is 16.4 Å². The number of aromatic nitrogens is 2. The molecule has 7 heteroatoms. The Morgan fingerprint density at radius 2 is 2.00 bits per heavy atom. The van der Waals surface area contributed by atoms with Crippen LogP contribution in [0.4, 0.5) is 4.39 Å². The van der Waals surface area contributed by atoms with E-state index in [-0.39, 0.29) is 16.5 Å². The topological polar surface area (TPSA) is 47.4 Å². The normalized spacial score (nSPS) is 10.7. The zero-order valence-corrected chi connectivity index (χ0v) is 12.0. The van der Waals surface area contributed by atoms with Crippen molar-refractivity contribution in [2.45, 2.75) is 6.92 Å². The van der Waals surface area contributed by atoms with Crippen molar-refractivity contribution >= 4 is 17.5 Å². The van der Waals surface area contributed by atoms with Gasteiger partial charge in [-0.15, -0.1) is 0 Å². The monoisotopic (exact) mass is 297 g/mol. The summed E-state index contributed by atoms with van der Waals surface area (Å²) in [6.45, 7) is 1.67. The van der Waals surface area contributed by atoms with E-state index in [0.29, 0.717) is 11.4 Å². The van der Waals surface area contributed by atoms with Gasteiger partial charge in [-0.2, -0.15) is 5.10 Å². The fourth-order valence-electron chi connectivity index (χ4n) is 1.74. The molecule has 5 nitrogen and oxygen atoms in total. The Morgan fingerprint density at radius 3 is 2.55 bits per heavy atom. The highest BCUT2D eigenvalue weighted by atomic mass is 35.5. The van der Waals surface area contributed by atoms with Crippen molar-refractivity contribution in [1.82, 2.24) is 14.8 Å². The molecule has 0 aliphatic carbocycles. The Bertz CT molecular complexity index is 640. The Balaban J connectivity index is 2.48. The van der Waals surface area contributed by atoms with E-state index in [1.165, 1.54) is 43.1 Å².